The number of carbonyl (C=O) groups excluding carboxylic acids is 2. The van der Waals surface area contributed by atoms with E-state index in [-0.39, 0.29) is 17.4 Å². The Kier molecular flexibility index (Phi) is 4.72. The maximum atomic E-state index is 12.8. The highest BCUT2D eigenvalue weighted by Gasteiger charge is 2.30. The van der Waals surface area contributed by atoms with Gasteiger partial charge in [0.15, 0.2) is 0 Å². The zero-order chi connectivity index (χ0) is 18.9. The van der Waals surface area contributed by atoms with Crippen LogP contribution in [0.4, 0.5) is 16.2 Å². The Bertz CT molecular complexity index is 805. The van der Waals surface area contributed by atoms with Crippen molar-refractivity contribution in [2.45, 2.75) is 26.2 Å². The van der Waals surface area contributed by atoms with Gasteiger partial charge in [-0.25, -0.2) is 9.59 Å². The molecule has 5 heteroatoms. The van der Waals surface area contributed by atoms with Crippen molar-refractivity contribution in [3.8, 4) is 0 Å². The predicted molar refractivity (Wildman–Crippen MR) is 103 cm³/mol. The van der Waals surface area contributed by atoms with Gasteiger partial charge in [0.1, 0.15) is 0 Å². The zero-order valence-electron chi connectivity index (χ0n) is 15.7. The number of nitrogens with zero attached hydrogens (tertiary/aromatic N) is 2. The van der Waals surface area contributed by atoms with Gasteiger partial charge in [0.05, 0.1) is 12.7 Å². The van der Waals surface area contributed by atoms with Gasteiger partial charge in [-0.3, -0.25) is 9.80 Å². The minimum atomic E-state index is -0.384. The molecule has 26 heavy (non-hydrogen) atoms. The van der Waals surface area contributed by atoms with Crippen LogP contribution >= 0.6 is 0 Å². The van der Waals surface area contributed by atoms with Crippen LogP contribution in [0.15, 0.2) is 48.5 Å². The maximum Gasteiger partial charge on any atom is 0.337 e. The van der Waals surface area contributed by atoms with Crippen LogP contribution in [-0.2, 0) is 10.2 Å². The van der Waals surface area contributed by atoms with Crippen molar-refractivity contribution in [3.05, 3.63) is 59.7 Å². The first-order valence-electron chi connectivity index (χ1n) is 8.69. The lowest BCUT2D eigenvalue weighted by Gasteiger charge is -2.22. The van der Waals surface area contributed by atoms with Crippen molar-refractivity contribution in [2.75, 3.05) is 30.0 Å². The van der Waals surface area contributed by atoms with Crippen LogP contribution < -0.4 is 9.80 Å². The highest BCUT2D eigenvalue weighted by atomic mass is 16.5. The molecule has 0 bridgehead atoms. The molecule has 5 nitrogen and oxygen atoms in total. The molecule has 0 aliphatic carbocycles. The second kappa shape index (κ2) is 6.83. The summed E-state index contributed by atoms with van der Waals surface area (Å²) in [5.74, 6) is -0.384. The number of hydrogen-bond acceptors (Lipinski definition) is 3. The lowest BCUT2D eigenvalue weighted by molar-refractivity contribution is 0.0600. The number of hydrogen-bond donors (Lipinski definition) is 0. The van der Waals surface area contributed by atoms with E-state index in [4.69, 9.17) is 4.74 Å². The summed E-state index contributed by atoms with van der Waals surface area (Å²) in [5.41, 5.74) is 3.47. The minimum absolute atomic E-state index is 0.0562. The maximum absolute atomic E-state index is 12.8. The van der Waals surface area contributed by atoms with Crippen LogP contribution in [-0.4, -0.2) is 32.2 Å². The Labute approximate surface area is 154 Å². The summed E-state index contributed by atoms with van der Waals surface area (Å²) in [6, 6.07) is 15.0. The smallest absolute Gasteiger partial charge is 0.337 e. The summed E-state index contributed by atoms with van der Waals surface area (Å²) in [6.07, 6.45) is 0. The Morgan fingerprint density at radius 2 is 1.35 bits per heavy atom. The van der Waals surface area contributed by atoms with E-state index in [1.165, 1.54) is 12.7 Å². The molecule has 0 spiro atoms. The molecule has 1 fully saturated rings. The molecule has 0 unspecified atom stereocenters. The molecule has 136 valence electrons. The molecule has 1 aliphatic rings. The molecule has 2 amide bonds. The van der Waals surface area contributed by atoms with E-state index >= 15 is 0 Å². The Hall–Kier alpha value is -2.82. The Balaban J connectivity index is 1.76. The topological polar surface area (TPSA) is 49.9 Å². The van der Waals surface area contributed by atoms with E-state index in [1.807, 2.05) is 12.1 Å². The van der Waals surface area contributed by atoms with Crippen LogP contribution in [0.1, 0.15) is 36.7 Å². The van der Waals surface area contributed by atoms with E-state index in [2.05, 4.69) is 32.9 Å². The fourth-order valence-electron chi connectivity index (χ4n) is 3.05. The predicted octanol–water partition coefficient (Wildman–Crippen LogP) is 4.22. The first-order valence-corrected chi connectivity index (χ1v) is 8.69. The van der Waals surface area contributed by atoms with Gasteiger partial charge in [-0.2, -0.15) is 0 Å². The van der Waals surface area contributed by atoms with Gasteiger partial charge in [-0.1, -0.05) is 32.9 Å². The first-order chi connectivity index (χ1) is 12.3. The van der Waals surface area contributed by atoms with Gasteiger partial charge < -0.3 is 4.74 Å². The molecule has 2 aromatic rings. The number of amides is 2. The van der Waals surface area contributed by atoms with Crippen LogP contribution in [0.25, 0.3) is 0 Å². The van der Waals surface area contributed by atoms with Crippen LogP contribution in [0.5, 0.6) is 0 Å². The number of carbonyl (C=O) groups is 2. The molecule has 0 N–H and O–H groups in total. The van der Waals surface area contributed by atoms with Crippen molar-refractivity contribution in [3.63, 3.8) is 0 Å². The third-order valence-corrected chi connectivity index (χ3v) is 4.65. The molecule has 0 aromatic heterocycles. The summed E-state index contributed by atoms with van der Waals surface area (Å²) in [6.45, 7) is 7.75. The first kappa shape index (κ1) is 18.0. The monoisotopic (exact) mass is 352 g/mol. The largest absolute Gasteiger partial charge is 0.465 e. The molecule has 2 aromatic carbocycles. The molecule has 0 radical (unpaired) electrons. The standard InChI is InChI=1S/C21H24N2O3/c1-21(2,3)16-7-11-18(12-8-16)23-14-13-22(20(23)25)17-9-5-15(6-10-17)19(24)26-4/h5-12H,13-14H2,1-4H3. The average molecular weight is 352 g/mol. The molecule has 0 atom stereocenters. The summed E-state index contributed by atoms with van der Waals surface area (Å²) in [5, 5.41) is 0. The third kappa shape index (κ3) is 3.43. The van der Waals surface area contributed by atoms with Gasteiger partial charge in [0.2, 0.25) is 0 Å². The van der Waals surface area contributed by atoms with E-state index in [0.717, 1.165) is 11.4 Å². The van der Waals surface area contributed by atoms with Crippen LogP contribution in [0.2, 0.25) is 0 Å². The second-order valence-electron chi connectivity index (χ2n) is 7.42. The average Bonchev–Trinajstić information content (AvgIpc) is 3.02. The summed E-state index contributed by atoms with van der Waals surface area (Å²) in [4.78, 5) is 27.9. The lowest BCUT2D eigenvalue weighted by Crippen LogP contribution is -2.31. The quantitative estimate of drug-likeness (QED) is 0.777. The van der Waals surface area contributed by atoms with Crippen molar-refractivity contribution < 1.29 is 14.3 Å². The SMILES string of the molecule is COC(=O)c1ccc(N2CCN(c3ccc(C(C)(C)C)cc3)C2=O)cc1. The Morgan fingerprint density at radius 3 is 1.77 bits per heavy atom. The van der Waals surface area contributed by atoms with E-state index in [1.54, 1.807) is 34.1 Å². The number of ether oxygens (including phenoxy) is 1. The van der Waals surface area contributed by atoms with Gasteiger partial charge in [0.25, 0.3) is 0 Å². The number of esters is 1. The zero-order valence-corrected chi connectivity index (χ0v) is 15.7. The fourth-order valence-corrected chi connectivity index (χ4v) is 3.05. The van der Waals surface area contributed by atoms with Crippen LogP contribution in [0, 0.1) is 0 Å². The molecule has 1 heterocycles. The Morgan fingerprint density at radius 1 is 0.885 bits per heavy atom. The van der Waals surface area contributed by atoms with Crippen molar-refractivity contribution in [2.24, 2.45) is 0 Å². The third-order valence-electron chi connectivity index (χ3n) is 4.65. The summed E-state index contributed by atoms with van der Waals surface area (Å²) in [7, 11) is 1.35. The van der Waals surface area contributed by atoms with E-state index < -0.39 is 0 Å². The van der Waals surface area contributed by atoms with E-state index in [0.29, 0.717) is 18.7 Å². The second-order valence-corrected chi connectivity index (χ2v) is 7.42. The van der Waals surface area contributed by atoms with Crippen LogP contribution in [0.3, 0.4) is 0 Å². The summed E-state index contributed by atoms with van der Waals surface area (Å²) < 4.78 is 4.70. The normalized spacial score (nSPS) is 14.7. The lowest BCUT2D eigenvalue weighted by atomic mass is 9.87. The highest BCUT2D eigenvalue weighted by Crippen LogP contribution is 2.28. The molecular weight excluding hydrogens is 328 g/mol. The van der Waals surface area contributed by atoms with Gasteiger partial charge in [-0.15, -0.1) is 0 Å². The van der Waals surface area contributed by atoms with Crippen molar-refractivity contribution in [1.29, 1.82) is 0 Å². The number of rotatable bonds is 3. The van der Waals surface area contributed by atoms with Gasteiger partial charge in [0, 0.05) is 24.5 Å². The number of benzene rings is 2. The molecule has 1 aliphatic heterocycles. The molecule has 3 rings (SSSR count). The highest BCUT2D eigenvalue weighted by molar-refractivity contribution is 6.06. The van der Waals surface area contributed by atoms with Crippen molar-refractivity contribution >= 4 is 23.4 Å². The fraction of sp³-hybridized carbons (Fsp3) is 0.333. The number of methoxy groups -OCH3 is 1. The van der Waals surface area contributed by atoms with Crippen molar-refractivity contribution in [1.82, 2.24) is 0 Å². The number of anilines is 2. The molecular formula is C21H24N2O3. The molecule has 1 saturated heterocycles. The van der Waals surface area contributed by atoms with Gasteiger partial charge >= 0.3 is 12.0 Å². The minimum Gasteiger partial charge on any atom is -0.465 e. The number of urea groups is 1. The van der Waals surface area contributed by atoms with Gasteiger partial charge in [-0.05, 0) is 47.4 Å². The summed E-state index contributed by atoms with van der Waals surface area (Å²) >= 11 is 0. The molecule has 0 saturated carbocycles. The van der Waals surface area contributed by atoms with E-state index in [9.17, 15) is 9.59 Å².